The largest absolute Gasteiger partial charge is 0.382 e. The van der Waals surface area contributed by atoms with E-state index in [4.69, 9.17) is 10.5 Å². The fourth-order valence-corrected chi connectivity index (χ4v) is 4.49. The topological polar surface area (TPSA) is 149 Å². The smallest absolute Gasteiger partial charge is 0.196 e. The molecule has 0 saturated heterocycles. The minimum atomic E-state index is -1.51. The summed E-state index contributed by atoms with van der Waals surface area (Å²) in [6, 6.07) is 22.3. The van der Waals surface area contributed by atoms with Crippen LogP contribution in [0.25, 0.3) is 11.4 Å². The fourth-order valence-electron chi connectivity index (χ4n) is 3.25. The quantitative estimate of drug-likeness (QED) is 0.335. The van der Waals surface area contributed by atoms with Gasteiger partial charge in [-0.15, -0.1) is 20.4 Å². The number of aliphatic hydroxyl groups is 2. The maximum atomic E-state index is 11.2. The van der Waals surface area contributed by atoms with Gasteiger partial charge in [-0.1, -0.05) is 59.9 Å². The van der Waals surface area contributed by atoms with E-state index in [2.05, 4.69) is 32.5 Å². The third-order valence-corrected chi connectivity index (χ3v) is 6.30. The molecule has 0 aliphatic rings. The summed E-state index contributed by atoms with van der Waals surface area (Å²) in [7, 11) is 0. The van der Waals surface area contributed by atoms with Crippen LogP contribution in [0.1, 0.15) is 23.9 Å². The minimum Gasteiger partial charge on any atom is -0.382 e. The van der Waals surface area contributed by atoms with Crippen molar-refractivity contribution >= 4 is 23.5 Å². The second-order valence-corrected chi connectivity index (χ2v) is 8.69. The Morgan fingerprint density at radius 1 is 0.676 bits per heavy atom. The highest BCUT2D eigenvalue weighted by atomic mass is 32.2. The highest BCUT2D eigenvalue weighted by molar-refractivity contribution is 7.99. The van der Waals surface area contributed by atoms with Crippen LogP contribution in [-0.4, -0.2) is 51.2 Å². The van der Waals surface area contributed by atoms with Crippen molar-refractivity contribution < 1.29 is 10.2 Å². The summed E-state index contributed by atoms with van der Waals surface area (Å²) in [6.45, 7) is 0. The van der Waals surface area contributed by atoms with Crippen LogP contribution in [0.15, 0.2) is 71.0 Å². The molecule has 0 fully saturated rings. The molecule has 0 bridgehead atoms. The monoisotopic (exact) mass is 490 g/mol. The number of hydrogen-bond donors (Lipinski definition) is 2. The molecule has 0 saturated carbocycles. The minimum absolute atomic E-state index is 0.0907. The molecule has 170 valence electrons. The standard InChI is InChI=1S/C22H18N8O2S2/c23-11-13-33-21-27-25-19(29(21)15-7-3-1-4-8-15)17(31)18(32)20-26-28-22(34-14-12-24)30(20)16-9-5-2-6-10-16/h1-10,17-18,31-32H,13-14H2. The Morgan fingerprint density at radius 2 is 1.06 bits per heavy atom. The molecule has 2 unspecified atom stereocenters. The molecule has 10 nitrogen and oxygen atoms in total. The van der Waals surface area contributed by atoms with Gasteiger partial charge in [0.2, 0.25) is 0 Å². The molecular formula is C22H18N8O2S2. The van der Waals surface area contributed by atoms with Gasteiger partial charge in [-0.2, -0.15) is 10.5 Å². The number of thioether (sulfide) groups is 2. The molecule has 0 amide bonds. The van der Waals surface area contributed by atoms with Crippen LogP contribution in [0.3, 0.4) is 0 Å². The predicted molar refractivity (Wildman–Crippen MR) is 125 cm³/mol. The zero-order chi connectivity index (χ0) is 23.9. The Kier molecular flexibility index (Phi) is 7.57. The first kappa shape index (κ1) is 23.5. The fraction of sp³-hybridized carbons (Fsp3) is 0.182. The van der Waals surface area contributed by atoms with Crippen LogP contribution in [0, 0.1) is 22.7 Å². The van der Waals surface area contributed by atoms with Crippen LogP contribution in [0.2, 0.25) is 0 Å². The van der Waals surface area contributed by atoms with Crippen LogP contribution >= 0.6 is 23.5 Å². The normalized spacial score (nSPS) is 12.6. The van der Waals surface area contributed by atoms with Gasteiger partial charge < -0.3 is 10.2 Å². The van der Waals surface area contributed by atoms with Crippen LogP contribution in [0.4, 0.5) is 0 Å². The second kappa shape index (κ2) is 11.0. The van der Waals surface area contributed by atoms with Crippen LogP contribution in [0.5, 0.6) is 0 Å². The highest BCUT2D eigenvalue weighted by Crippen LogP contribution is 2.33. The third kappa shape index (κ3) is 4.81. The molecule has 34 heavy (non-hydrogen) atoms. The van der Waals surface area contributed by atoms with E-state index < -0.39 is 12.2 Å². The molecule has 4 aromatic rings. The van der Waals surface area contributed by atoms with E-state index in [9.17, 15) is 10.2 Å². The zero-order valence-electron chi connectivity index (χ0n) is 17.6. The number of para-hydroxylation sites is 2. The Hall–Kier alpha value is -3.68. The van der Waals surface area contributed by atoms with Gasteiger partial charge in [0, 0.05) is 11.4 Å². The highest BCUT2D eigenvalue weighted by Gasteiger charge is 2.32. The number of nitriles is 2. The first-order chi connectivity index (χ1) is 16.7. The summed E-state index contributed by atoms with van der Waals surface area (Å²) in [5.74, 6) is 0.470. The molecule has 2 atom stereocenters. The predicted octanol–water partition coefficient (Wildman–Crippen LogP) is 2.85. The Balaban J connectivity index is 1.76. The van der Waals surface area contributed by atoms with Crippen molar-refractivity contribution in [3.05, 3.63) is 72.3 Å². The Bertz CT molecular complexity index is 1220. The van der Waals surface area contributed by atoms with E-state index in [-0.39, 0.29) is 23.2 Å². The number of nitrogens with zero attached hydrogens (tertiary/aromatic N) is 8. The van der Waals surface area contributed by atoms with Gasteiger partial charge in [0.1, 0.15) is 12.2 Å². The average Bonchev–Trinajstić information content (AvgIpc) is 3.50. The van der Waals surface area contributed by atoms with Gasteiger partial charge in [-0.25, -0.2) is 0 Å². The van der Waals surface area contributed by atoms with E-state index >= 15 is 0 Å². The summed E-state index contributed by atoms with van der Waals surface area (Å²) in [4.78, 5) is 0. The van der Waals surface area contributed by atoms with Gasteiger partial charge >= 0.3 is 0 Å². The lowest BCUT2D eigenvalue weighted by molar-refractivity contribution is 0.00399. The lowest BCUT2D eigenvalue weighted by atomic mass is 10.1. The third-order valence-electron chi connectivity index (χ3n) is 4.71. The van der Waals surface area contributed by atoms with Crippen molar-refractivity contribution in [3.63, 3.8) is 0 Å². The number of benzene rings is 2. The van der Waals surface area contributed by atoms with Crippen molar-refractivity contribution in [1.29, 1.82) is 10.5 Å². The van der Waals surface area contributed by atoms with Crippen molar-refractivity contribution in [2.45, 2.75) is 22.5 Å². The molecular weight excluding hydrogens is 472 g/mol. The maximum Gasteiger partial charge on any atom is 0.196 e. The van der Waals surface area contributed by atoms with E-state index in [0.29, 0.717) is 21.7 Å². The first-order valence-electron chi connectivity index (χ1n) is 10.0. The van der Waals surface area contributed by atoms with E-state index in [1.54, 1.807) is 9.13 Å². The molecule has 2 aromatic carbocycles. The number of rotatable bonds is 9. The Labute approximate surface area is 203 Å². The Morgan fingerprint density at radius 3 is 1.41 bits per heavy atom. The number of hydrogen-bond acceptors (Lipinski definition) is 10. The average molecular weight is 491 g/mol. The van der Waals surface area contributed by atoms with Crippen molar-refractivity contribution in [2.75, 3.05) is 11.5 Å². The maximum absolute atomic E-state index is 11.2. The van der Waals surface area contributed by atoms with Crippen molar-refractivity contribution in [2.24, 2.45) is 0 Å². The molecule has 2 aromatic heterocycles. The second-order valence-electron chi connectivity index (χ2n) is 6.81. The van der Waals surface area contributed by atoms with E-state index in [1.165, 1.54) is 23.5 Å². The number of aliphatic hydroxyl groups excluding tert-OH is 2. The van der Waals surface area contributed by atoms with Gasteiger partial charge in [-0.3, -0.25) is 9.13 Å². The molecule has 2 N–H and O–H groups in total. The summed E-state index contributed by atoms with van der Waals surface area (Å²) < 4.78 is 3.20. The van der Waals surface area contributed by atoms with Gasteiger partial charge in [0.25, 0.3) is 0 Å². The van der Waals surface area contributed by atoms with Crippen molar-refractivity contribution in [3.8, 4) is 23.5 Å². The molecule has 0 radical (unpaired) electrons. The van der Waals surface area contributed by atoms with Crippen LogP contribution < -0.4 is 0 Å². The summed E-state index contributed by atoms with van der Waals surface area (Å²) in [5.41, 5.74) is 1.34. The molecule has 0 aliphatic heterocycles. The lowest BCUT2D eigenvalue weighted by Gasteiger charge is -2.19. The molecule has 2 heterocycles. The molecule has 12 heteroatoms. The van der Waals surface area contributed by atoms with Crippen LogP contribution in [-0.2, 0) is 0 Å². The van der Waals surface area contributed by atoms with Gasteiger partial charge in [-0.05, 0) is 24.3 Å². The summed E-state index contributed by atoms with van der Waals surface area (Å²) in [5, 5.41) is 57.7. The molecule has 4 rings (SSSR count). The van der Waals surface area contributed by atoms with E-state index in [1.807, 2.05) is 60.7 Å². The summed E-state index contributed by atoms with van der Waals surface area (Å²) >= 11 is 2.34. The molecule has 0 spiro atoms. The lowest BCUT2D eigenvalue weighted by Crippen LogP contribution is -2.19. The SMILES string of the molecule is N#CCSc1nnc(C(O)C(O)c2nnc(SCC#N)n2-c2ccccc2)n1-c1ccccc1. The van der Waals surface area contributed by atoms with E-state index in [0.717, 1.165) is 0 Å². The molecule has 0 aliphatic carbocycles. The zero-order valence-corrected chi connectivity index (χ0v) is 19.3. The number of aromatic nitrogens is 6. The van der Waals surface area contributed by atoms with Gasteiger partial charge in [0.05, 0.1) is 23.6 Å². The summed E-state index contributed by atoms with van der Waals surface area (Å²) in [6.07, 6.45) is -3.02. The van der Waals surface area contributed by atoms with Gasteiger partial charge in [0.15, 0.2) is 22.0 Å². The van der Waals surface area contributed by atoms with Crippen molar-refractivity contribution in [1.82, 2.24) is 29.5 Å². The first-order valence-corrected chi connectivity index (χ1v) is 12.0.